The molecule has 0 bridgehead atoms. The summed E-state index contributed by atoms with van der Waals surface area (Å²) >= 11 is 0. The van der Waals surface area contributed by atoms with E-state index in [1.807, 2.05) is 12.1 Å². The Hall–Kier alpha value is -0.720. The molecule has 1 saturated carbocycles. The van der Waals surface area contributed by atoms with Crippen molar-refractivity contribution in [3.05, 3.63) is 24.5 Å². The quantitative estimate of drug-likeness (QED) is 0.534. The van der Waals surface area contributed by atoms with Crippen molar-refractivity contribution in [1.29, 1.82) is 0 Å². The van der Waals surface area contributed by atoms with Gasteiger partial charge in [-0.25, -0.2) is 0 Å². The number of hydrogen-bond acceptors (Lipinski definition) is 0. The molecule has 1 aromatic heterocycles. The summed E-state index contributed by atoms with van der Waals surface area (Å²) in [5.74, 6) is 0. The lowest BCUT2D eigenvalue weighted by Crippen LogP contribution is -2.14. The zero-order chi connectivity index (χ0) is 6.10. The van der Waals surface area contributed by atoms with Crippen molar-refractivity contribution in [3.63, 3.8) is 0 Å². The van der Waals surface area contributed by atoms with Crippen molar-refractivity contribution in [3.8, 4) is 0 Å². The average Bonchev–Trinajstić information content (AvgIpc) is 2.11. The average molecular weight is 120 g/mol. The second-order valence-electron chi connectivity index (χ2n) is 2.63. The first-order chi connectivity index (χ1) is 4.47. The van der Waals surface area contributed by atoms with E-state index in [2.05, 4.69) is 17.0 Å². The van der Waals surface area contributed by atoms with E-state index in [-0.39, 0.29) is 0 Å². The molecule has 0 spiro atoms. The molecule has 1 aromatic rings. The van der Waals surface area contributed by atoms with Crippen molar-refractivity contribution < 1.29 is 0 Å². The van der Waals surface area contributed by atoms with Crippen molar-refractivity contribution >= 4 is 0 Å². The summed E-state index contributed by atoms with van der Waals surface area (Å²) < 4.78 is 2.18. The Kier molecular flexibility index (Phi) is 1.08. The van der Waals surface area contributed by atoms with Gasteiger partial charge < -0.3 is 4.57 Å². The minimum atomic E-state index is 0.778. The monoisotopic (exact) mass is 120 g/mol. The third-order valence-corrected chi connectivity index (χ3v) is 2.03. The van der Waals surface area contributed by atoms with E-state index in [9.17, 15) is 0 Å². The first-order valence-electron chi connectivity index (χ1n) is 3.51. The van der Waals surface area contributed by atoms with Gasteiger partial charge in [-0.15, -0.1) is 0 Å². The zero-order valence-corrected chi connectivity index (χ0v) is 5.38. The molecule has 0 N–H and O–H groups in total. The van der Waals surface area contributed by atoms with E-state index in [0.717, 1.165) is 6.04 Å². The highest BCUT2D eigenvalue weighted by Gasteiger charge is 2.17. The lowest BCUT2D eigenvalue weighted by atomic mass is 9.93. The van der Waals surface area contributed by atoms with Gasteiger partial charge in [0.1, 0.15) is 0 Å². The van der Waals surface area contributed by atoms with E-state index in [0.29, 0.717) is 0 Å². The van der Waals surface area contributed by atoms with Gasteiger partial charge >= 0.3 is 0 Å². The zero-order valence-electron chi connectivity index (χ0n) is 5.38. The highest BCUT2D eigenvalue weighted by molar-refractivity contribution is 4.93. The molecule has 1 aliphatic carbocycles. The number of nitrogens with zero attached hydrogens (tertiary/aromatic N) is 1. The molecule has 0 aliphatic heterocycles. The topological polar surface area (TPSA) is 4.93 Å². The lowest BCUT2D eigenvalue weighted by Gasteiger charge is -2.26. The van der Waals surface area contributed by atoms with Crippen LogP contribution in [0.4, 0.5) is 0 Å². The molecule has 0 saturated heterocycles. The molecule has 1 fully saturated rings. The van der Waals surface area contributed by atoms with Crippen molar-refractivity contribution in [1.82, 2.24) is 4.57 Å². The third kappa shape index (κ3) is 0.766. The summed E-state index contributed by atoms with van der Waals surface area (Å²) in [6.45, 7) is 0. The largest absolute Gasteiger partial charge is 0.343 e. The normalized spacial score (nSPS) is 19.6. The van der Waals surface area contributed by atoms with Gasteiger partial charge in [0.05, 0.1) is 6.20 Å². The molecule has 0 atom stereocenters. The number of rotatable bonds is 1. The Balaban J connectivity index is 2.14. The maximum Gasteiger partial charge on any atom is 0.0650 e. The van der Waals surface area contributed by atoms with Gasteiger partial charge in [-0.1, -0.05) is 0 Å². The summed E-state index contributed by atoms with van der Waals surface area (Å²) in [6, 6.07) is 4.79. The number of aromatic nitrogens is 1. The summed E-state index contributed by atoms with van der Waals surface area (Å²) in [5, 5.41) is 0. The van der Waals surface area contributed by atoms with Gasteiger partial charge in [0.25, 0.3) is 0 Å². The molecule has 47 valence electrons. The van der Waals surface area contributed by atoms with Crippen molar-refractivity contribution in [2.75, 3.05) is 0 Å². The Labute approximate surface area is 55.3 Å². The van der Waals surface area contributed by atoms with Crippen LogP contribution in [0.1, 0.15) is 25.3 Å². The highest BCUT2D eigenvalue weighted by Crippen LogP contribution is 2.30. The Morgan fingerprint density at radius 3 is 2.78 bits per heavy atom. The van der Waals surface area contributed by atoms with Crippen LogP contribution in [-0.2, 0) is 0 Å². The second kappa shape index (κ2) is 1.90. The van der Waals surface area contributed by atoms with Crippen LogP contribution in [0.2, 0.25) is 0 Å². The van der Waals surface area contributed by atoms with Gasteiger partial charge in [-0.2, -0.15) is 0 Å². The predicted molar refractivity (Wildman–Crippen MR) is 36.2 cm³/mol. The molecular weight excluding hydrogens is 110 g/mol. The maximum absolute atomic E-state index is 3.16. The molecule has 1 heterocycles. The molecule has 0 amide bonds. The van der Waals surface area contributed by atoms with Crippen LogP contribution in [0.15, 0.2) is 18.3 Å². The fraction of sp³-hybridized carbons (Fsp3) is 0.500. The van der Waals surface area contributed by atoms with Gasteiger partial charge in [0.2, 0.25) is 0 Å². The summed E-state index contributed by atoms with van der Waals surface area (Å²) in [7, 11) is 0. The fourth-order valence-corrected chi connectivity index (χ4v) is 1.20. The highest BCUT2D eigenvalue weighted by atomic mass is 15.0. The smallest absolute Gasteiger partial charge is 0.0650 e. The Morgan fingerprint density at radius 1 is 1.44 bits per heavy atom. The van der Waals surface area contributed by atoms with Crippen LogP contribution in [0, 0.1) is 6.20 Å². The lowest BCUT2D eigenvalue weighted by molar-refractivity contribution is 0.313. The molecule has 0 unspecified atom stereocenters. The van der Waals surface area contributed by atoms with Gasteiger partial charge in [-0.3, -0.25) is 0 Å². The van der Waals surface area contributed by atoms with Gasteiger partial charge in [0.15, 0.2) is 0 Å². The SMILES string of the molecule is [c]1cccn1C1CCC1. The van der Waals surface area contributed by atoms with Crippen LogP contribution in [0.5, 0.6) is 0 Å². The van der Waals surface area contributed by atoms with E-state index in [4.69, 9.17) is 0 Å². The molecule has 1 heteroatoms. The molecule has 1 nitrogen and oxygen atoms in total. The molecule has 1 radical (unpaired) electrons. The summed E-state index contributed by atoms with van der Waals surface area (Å²) in [5.41, 5.74) is 0. The summed E-state index contributed by atoms with van der Waals surface area (Å²) in [4.78, 5) is 0. The first-order valence-corrected chi connectivity index (χ1v) is 3.51. The first kappa shape index (κ1) is 5.10. The minimum absolute atomic E-state index is 0.778. The molecule has 2 rings (SSSR count). The standard InChI is InChI=1S/C8H10N/c1-2-7-9(6-1)8-4-3-5-8/h1-2,6,8H,3-5H2. The van der Waals surface area contributed by atoms with E-state index in [1.165, 1.54) is 19.3 Å². The van der Waals surface area contributed by atoms with Crippen molar-refractivity contribution in [2.45, 2.75) is 25.3 Å². The maximum atomic E-state index is 3.16. The summed E-state index contributed by atoms with van der Waals surface area (Å²) in [6.07, 6.45) is 9.36. The van der Waals surface area contributed by atoms with E-state index >= 15 is 0 Å². The minimum Gasteiger partial charge on any atom is -0.343 e. The molecule has 0 aromatic carbocycles. The molecule has 9 heavy (non-hydrogen) atoms. The Morgan fingerprint density at radius 2 is 2.33 bits per heavy atom. The van der Waals surface area contributed by atoms with Gasteiger partial charge in [0, 0.05) is 12.2 Å². The fourth-order valence-electron chi connectivity index (χ4n) is 1.20. The van der Waals surface area contributed by atoms with Crippen LogP contribution < -0.4 is 0 Å². The second-order valence-corrected chi connectivity index (χ2v) is 2.63. The van der Waals surface area contributed by atoms with E-state index in [1.54, 1.807) is 0 Å². The third-order valence-electron chi connectivity index (χ3n) is 2.03. The van der Waals surface area contributed by atoms with Crippen LogP contribution in [-0.4, -0.2) is 4.57 Å². The molecule has 1 aliphatic rings. The van der Waals surface area contributed by atoms with Crippen LogP contribution in [0.3, 0.4) is 0 Å². The van der Waals surface area contributed by atoms with Crippen LogP contribution in [0.25, 0.3) is 0 Å². The molecular formula is C8H10N. The van der Waals surface area contributed by atoms with Crippen LogP contribution >= 0.6 is 0 Å². The van der Waals surface area contributed by atoms with Crippen molar-refractivity contribution in [2.24, 2.45) is 0 Å². The van der Waals surface area contributed by atoms with E-state index < -0.39 is 0 Å². The predicted octanol–water partition coefficient (Wildman–Crippen LogP) is 2.01. The Bertz CT molecular complexity index is 172. The van der Waals surface area contributed by atoms with Gasteiger partial charge in [-0.05, 0) is 31.4 Å². The number of hydrogen-bond donors (Lipinski definition) is 0.